The smallest absolute Gasteiger partial charge is 0.166 e. The predicted octanol–water partition coefficient (Wildman–Crippen LogP) is 5.85. The molecule has 0 fully saturated rings. The molecule has 4 nitrogen and oxygen atoms in total. The number of hydrogen-bond donors (Lipinski definition) is 3. The Bertz CT molecular complexity index is 918. The summed E-state index contributed by atoms with van der Waals surface area (Å²) in [5.41, 5.74) is 4.60. The Morgan fingerprint density at radius 2 is 1.66 bits per heavy atom. The molecule has 0 amide bonds. The molecule has 0 saturated heterocycles. The molecule has 0 radical (unpaired) electrons. The number of aryl methyl sites for hydroxylation is 1. The van der Waals surface area contributed by atoms with Gasteiger partial charge in [0.2, 0.25) is 0 Å². The zero-order valence-electron chi connectivity index (χ0n) is 17.4. The van der Waals surface area contributed by atoms with Gasteiger partial charge in [-0.1, -0.05) is 35.4 Å². The van der Waals surface area contributed by atoms with E-state index in [0.29, 0.717) is 12.8 Å². The van der Waals surface area contributed by atoms with Gasteiger partial charge in [0.1, 0.15) is 17.2 Å². The van der Waals surface area contributed by atoms with E-state index in [0.717, 1.165) is 30.0 Å². The fraction of sp³-hybridized carbons (Fsp3) is 0.320. The topological polar surface area (TPSA) is 77.8 Å². The lowest BCUT2D eigenvalue weighted by Gasteiger charge is -2.08. The molecule has 0 aromatic heterocycles. The molecule has 0 spiro atoms. The van der Waals surface area contributed by atoms with E-state index in [-0.39, 0.29) is 35.0 Å². The van der Waals surface area contributed by atoms with Crippen molar-refractivity contribution in [1.29, 1.82) is 0 Å². The van der Waals surface area contributed by atoms with E-state index >= 15 is 0 Å². The van der Waals surface area contributed by atoms with Crippen LogP contribution in [0.3, 0.4) is 0 Å². The summed E-state index contributed by atoms with van der Waals surface area (Å²) in [6.07, 6.45) is 7.76. The molecule has 0 aliphatic carbocycles. The minimum atomic E-state index is -0.213. The van der Waals surface area contributed by atoms with Crippen molar-refractivity contribution in [3.63, 3.8) is 0 Å². The Balaban J connectivity index is 1.99. The van der Waals surface area contributed by atoms with Crippen molar-refractivity contribution in [2.75, 3.05) is 0 Å². The van der Waals surface area contributed by atoms with Crippen LogP contribution in [0.25, 0.3) is 0 Å². The Morgan fingerprint density at radius 1 is 0.897 bits per heavy atom. The van der Waals surface area contributed by atoms with Crippen molar-refractivity contribution in [2.45, 2.75) is 52.9 Å². The fourth-order valence-corrected chi connectivity index (χ4v) is 3.08. The van der Waals surface area contributed by atoms with Gasteiger partial charge in [-0.2, -0.15) is 0 Å². The average Bonchev–Trinajstić information content (AvgIpc) is 2.65. The number of rotatable bonds is 9. The van der Waals surface area contributed by atoms with Gasteiger partial charge < -0.3 is 15.3 Å². The van der Waals surface area contributed by atoms with E-state index in [4.69, 9.17) is 0 Å². The van der Waals surface area contributed by atoms with Gasteiger partial charge in [0.15, 0.2) is 5.78 Å². The molecule has 2 rings (SSSR count). The van der Waals surface area contributed by atoms with Crippen LogP contribution in [0, 0.1) is 0 Å². The van der Waals surface area contributed by atoms with Crippen LogP contribution in [0.5, 0.6) is 17.2 Å². The molecule has 0 saturated carbocycles. The van der Waals surface area contributed by atoms with Crippen LogP contribution in [0.2, 0.25) is 0 Å². The second kappa shape index (κ2) is 10.5. The number of benzene rings is 2. The lowest BCUT2D eigenvalue weighted by molar-refractivity contribution is 0.0980. The first-order chi connectivity index (χ1) is 13.8. The Morgan fingerprint density at radius 3 is 2.34 bits per heavy atom. The highest BCUT2D eigenvalue weighted by Crippen LogP contribution is 2.25. The van der Waals surface area contributed by atoms with Gasteiger partial charge in [-0.25, -0.2) is 0 Å². The first-order valence-corrected chi connectivity index (χ1v) is 9.91. The van der Waals surface area contributed by atoms with Gasteiger partial charge in [-0.3, -0.25) is 4.79 Å². The van der Waals surface area contributed by atoms with Gasteiger partial charge in [0, 0.05) is 12.5 Å². The van der Waals surface area contributed by atoms with E-state index in [1.807, 2.05) is 12.1 Å². The number of carbonyl (C=O) groups is 1. The van der Waals surface area contributed by atoms with E-state index in [1.54, 1.807) is 6.07 Å². The van der Waals surface area contributed by atoms with Crippen LogP contribution in [0.15, 0.2) is 59.7 Å². The SMILES string of the molecule is CC(C)=CCCC(C)=CCc1cc(CCC(=O)c2ccc(O)cc2O)ccc1O. The second-order valence-electron chi connectivity index (χ2n) is 7.66. The van der Waals surface area contributed by atoms with Crippen LogP contribution in [0.1, 0.15) is 61.5 Å². The van der Waals surface area contributed by atoms with Crippen molar-refractivity contribution in [3.8, 4) is 17.2 Å². The quantitative estimate of drug-likeness (QED) is 0.368. The minimum absolute atomic E-state index is 0.0774. The Kier molecular flexibility index (Phi) is 8.08. The summed E-state index contributed by atoms with van der Waals surface area (Å²) in [6, 6.07) is 9.39. The maximum Gasteiger partial charge on any atom is 0.166 e. The summed E-state index contributed by atoms with van der Waals surface area (Å²) in [4.78, 5) is 12.4. The summed E-state index contributed by atoms with van der Waals surface area (Å²) < 4.78 is 0. The number of allylic oxidation sites excluding steroid dienone is 4. The molecule has 4 heteroatoms. The second-order valence-corrected chi connectivity index (χ2v) is 7.66. The number of carbonyl (C=O) groups excluding carboxylic acids is 1. The first kappa shape index (κ1) is 22.3. The maximum atomic E-state index is 12.4. The zero-order valence-corrected chi connectivity index (χ0v) is 17.4. The summed E-state index contributed by atoms with van der Waals surface area (Å²) in [5.74, 6) is -0.224. The number of ketones is 1. The third kappa shape index (κ3) is 7.15. The van der Waals surface area contributed by atoms with Gasteiger partial charge in [0.05, 0.1) is 5.56 Å². The fourth-order valence-electron chi connectivity index (χ4n) is 3.08. The lowest BCUT2D eigenvalue weighted by Crippen LogP contribution is -2.02. The number of Topliss-reactive ketones (excluding diaryl/α,β-unsaturated/α-hetero) is 1. The van der Waals surface area contributed by atoms with Crippen molar-refractivity contribution >= 4 is 5.78 Å². The van der Waals surface area contributed by atoms with Crippen LogP contribution in [-0.2, 0) is 12.8 Å². The number of hydrogen-bond acceptors (Lipinski definition) is 4. The molecule has 0 aliphatic heterocycles. The van der Waals surface area contributed by atoms with Crippen molar-refractivity contribution in [3.05, 3.63) is 76.4 Å². The van der Waals surface area contributed by atoms with E-state index in [9.17, 15) is 20.1 Å². The highest BCUT2D eigenvalue weighted by molar-refractivity contribution is 5.98. The zero-order chi connectivity index (χ0) is 21.4. The lowest BCUT2D eigenvalue weighted by atomic mass is 9.98. The maximum absolute atomic E-state index is 12.4. The molecule has 0 heterocycles. The third-order valence-corrected chi connectivity index (χ3v) is 4.83. The molecule has 0 aliphatic rings. The molecule has 29 heavy (non-hydrogen) atoms. The largest absolute Gasteiger partial charge is 0.508 e. The molecule has 3 N–H and O–H groups in total. The number of phenolic OH excluding ortho intramolecular Hbond substituents is 3. The molecular formula is C25H30O4. The van der Waals surface area contributed by atoms with Gasteiger partial charge >= 0.3 is 0 Å². The van der Waals surface area contributed by atoms with Gasteiger partial charge in [0.25, 0.3) is 0 Å². The molecule has 0 unspecified atom stereocenters. The van der Waals surface area contributed by atoms with E-state index in [1.165, 1.54) is 23.3 Å². The summed E-state index contributed by atoms with van der Waals surface area (Å²) in [5, 5.41) is 29.3. The molecule has 2 aromatic rings. The molecule has 0 bridgehead atoms. The summed E-state index contributed by atoms with van der Waals surface area (Å²) in [7, 11) is 0. The number of phenols is 3. The monoisotopic (exact) mass is 394 g/mol. The highest BCUT2D eigenvalue weighted by atomic mass is 16.3. The van der Waals surface area contributed by atoms with Crippen LogP contribution >= 0.6 is 0 Å². The Hall–Kier alpha value is -3.01. The Labute approximate surface area is 172 Å². The van der Waals surface area contributed by atoms with Crippen molar-refractivity contribution < 1.29 is 20.1 Å². The van der Waals surface area contributed by atoms with Crippen molar-refractivity contribution in [1.82, 2.24) is 0 Å². The normalized spacial score (nSPS) is 11.3. The summed E-state index contributed by atoms with van der Waals surface area (Å²) in [6.45, 7) is 6.29. The molecule has 2 aromatic carbocycles. The summed E-state index contributed by atoms with van der Waals surface area (Å²) >= 11 is 0. The van der Waals surface area contributed by atoms with Crippen molar-refractivity contribution in [2.24, 2.45) is 0 Å². The minimum Gasteiger partial charge on any atom is -0.508 e. The predicted molar refractivity (Wildman–Crippen MR) is 117 cm³/mol. The highest BCUT2D eigenvalue weighted by Gasteiger charge is 2.12. The van der Waals surface area contributed by atoms with E-state index in [2.05, 4.69) is 32.9 Å². The van der Waals surface area contributed by atoms with E-state index < -0.39 is 0 Å². The molecule has 0 atom stereocenters. The van der Waals surface area contributed by atoms with Crippen LogP contribution in [0.4, 0.5) is 0 Å². The molecule has 154 valence electrons. The third-order valence-electron chi connectivity index (χ3n) is 4.83. The standard InChI is InChI=1S/C25H30O4/c1-17(2)5-4-6-18(3)7-10-20-15-19(8-13-23(20)27)9-14-24(28)22-12-11-21(26)16-25(22)29/h5,7-8,11-13,15-16,26-27,29H,4,6,9-10,14H2,1-3H3. The number of aromatic hydroxyl groups is 3. The van der Waals surface area contributed by atoms with Gasteiger partial charge in [-0.15, -0.1) is 0 Å². The average molecular weight is 395 g/mol. The molecular weight excluding hydrogens is 364 g/mol. The van der Waals surface area contributed by atoms with Crippen LogP contribution in [-0.4, -0.2) is 21.1 Å². The van der Waals surface area contributed by atoms with Gasteiger partial charge in [-0.05, 0) is 75.8 Å². The van der Waals surface area contributed by atoms with Crippen LogP contribution < -0.4 is 0 Å². The first-order valence-electron chi connectivity index (χ1n) is 9.91.